The molecule has 0 aliphatic heterocycles. The molecular formula is C14H23NO2. The van der Waals surface area contributed by atoms with E-state index in [9.17, 15) is 10.1 Å². The lowest BCUT2D eigenvalue weighted by Crippen LogP contribution is -2.33. The fourth-order valence-electron chi connectivity index (χ4n) is 1.96. The van der Waals surface area contributed by atoms with Gasteiger partial charge in [0, 0.05) is 0 Å². The molecular weight excluding hydrogens is 214 g/mol. The van der Waals surface area contributed by atoms with E-state index in [0.29, 0.717) is 13.0 Å². The first kappa shape index (κ1) is 15.7. The van der Waals surface area contributed by atoms with E-state index in [0.717, 1.165) is 24.8 Å². The smallest absolute Gasteiger partial charge is 0.330 e. The van der Waals surface area contributed by atoms with Crippen molar-refractivity contribution in [1.29, 1.82) is 5.26 Å². The Morgan fingerprint density at radius 2 is 2.00 bits per heavy atom. The number of nitrogens with zero attached hydrogens (tertiary/aromatic N) is 1. The van der Waals surface area contributed by atoms with Crippen LogP contribution in [0.25, 0.3) is 0 Å². The number of allylic oxidation sites excluding steroid dienone is 1. The summed E-state index contributed by atoms with van der Waals surface area (Å²) in [6.45, 7) is 8.00. The fraction of sp³-hybridized carbons (Fsp3) is 0.714. The molecule has 0 rings (SSSR count). The van der Waals surface area contributed by atoms with Crippen LogP contribution in [-0.2, 0) is 9.53 Å². The average Bonchev–Trinajstić information content (AvgIpc) is 2.32. The molecule has 0 saturated heterocycles. The standard InChI is InChI=1S/C14H23NO2/c1-5-9-12(10-6-2)14(7-3,11-15)13(16)17-8-4/h9H,5-8,10H2,1-4H3/b12-9-/t14-/m0/s1. The first-order chi connectivity index (χ1) is 8.12. The third-order valence-electron chi connectivity index (χ3n) is 2.86. The minimum atomic E-state index is -1.08. The molecule has 0 heterocycles. The Balaban J connectivity index is 5.36. The molecule has 0 fully saturated rings. The molecule has 0 radical (unpaired) electrons. The van der Waals surface area contributed by atoms with Gasteiger partial charge in [-0.2, -0.15) is 5.26 Å². The number of nitriles is 1. The van der Waals surface area contributed by atoms with Crippen LogP contribution in [0.3, 0.4) is 0 Å². The first-order valence-electron chi connectivity index (χ1n) is 6.40. The monoisotopic (exact) mass is 237 g/mol. The third-order valence-corrected chi connectivity index (χ3v) is 2.86. The van der Waals surface area contributed by atoms with Crippen LogP contribution in [0.4, 0.5) is 0 Å². The molecule has 0 saturated carbocycles. The van der Waals surface area contributed by atoms with Crippen molar-refractivity contribution in [1.82, 2.24) is 0 Å². The minimum absolute atomic E-state index is 0.313. The molecule has 0 aliphatic rings. The highest BCUT2D eigenvalue weighted by Crippen LogP contribution is 2.35. The van der Waals surface area contributed by atoms with Crippen LogP contribution in [0, 0.1) is 16.7 Å². The Morgan fingerprint density at radius 1 is 1.35 bits per heavy atom. The molecule has 0 amide bonds. The summed E-state index contributed by atoms with van der Waals surface area (Å²) >= 11 is 0. The van der Waals surface area contributed by atoms with Gasteiger partial charge in [-0.05, 0) is 31.8 Å². The van der Waals surface area contributed by atoms with Crippen molar-refractivity contribution in [3.05, 3.63) is 11.6 Å². The second-order valence-corrected chi connectivity index (χ2v) is 3.98. The molecule has 0 bridgehead atoms. The highest BCUT2D eigenvalue weighted by Gasteiger charge is 2.41. The summed E-state index contributed by atoms with van der Waals surface area (Å²) in [7, 11) is 0. The SMILES string of the molecule is CC/C=C(/CCC)[C@@](C#N)(CC)C(=O)OCC. The van der Waals surface area contributed by atoms with Gasteiger partial charge in [-0.3, -0.25) is 0 Å². The van der Waals surface area contributed by atoms with Crippen LogP contribution in [0.1, 0.15) is 53.4 Å². The Bertz CT molecular complexity index is 315. The van der Waals surface area contributed by atoms with Crippen molar-refractivity contribution in [2.75, 3.05) is 6.61 Å². The van der Waals surface area contributed by atoms with Gasteiger partial charge in [-0.1, -0.05) is 33.3 Å². The number of hydrogen-bond acceptors (Lipinski definition) is 3. The number of carbonyl (C=O) groups excluding carboxylic acids is 1. The first-order valence-corrected chi connectivity index (χ1v) is 6.40. The van der Waals surface area contributed by atoms with Crippen LogP contribution in [-0.4, -0.2) is 12.6 Å². The normalized spacial score (nSPS) is 14.9. The molecule has 1 atom stereocenters. The van der Waals surface area contributed by atoms with E-state index in [-0.39, 0.29) is 0 Å². The maximum atomic E-state index is 12.0. The lowest BCUT2D eigenvalue weighted by molar-refractivity contribution is -0.150. The van der Waals surface area contributed by atoms with Gasteiger partial charge in [0.15, 0.2) is 5.41 Å². The van der Waals surface area contributed by atoms with Crippen molar-refractivity contribution in [2.24, 2.45) is 5.41 Å². The highest BCUT2D eigenvalue weighted by atomic mass is 16.5. The summed E-state index contributed by atoms with van der Waals surface area (Å²) in [4.78, 5) is 12.0. The number of rotatable bonds is 7. The zero-order chi connectivity index (χ0) is 13.3. The summed E-state index contributed by atoms with van der Waals surface area (Å²) in [5.41, 5.74) is -0.173. The Morgan fingerprint density at radius 3 is 2.35 bits per heavy atom. The molecule has 0 unspecified atom stereocenters. The topological polar surface area (TPSA) is 50.1 Å². The van der Waals surface area contributed by atoms with Crippen LogP contribution in [0.2, 0.25) is 0 Å². The number of hydrogen-bond donors (Lipinski definition) is 0. The molecule has 0 aromatic rings. The van der Waals surface area contributed by atoms with Gasteiger partial charge in [0.25, 0.3) is 0 Å². The summed E-state index contributed by atoms with van der Waals surface area (Å²) < 4.78 is 5.06. The summed E-state index contributed by atoms with van der Waals surface area (Å²) in [6.07, 6.45) is 4.99. The molecule has 0 aromatic carbocycles. The van der Waals surface area contributed by atoms with Gasteiger partial charge in [-0.25, -0.2) is 4.79 Å². The maximum Gasteiger partial charge on any atom is 0.330 e. The quantitative estimate of drug-likeness (QED) is 0.502. The third kappa shape index (κ3) is 3.59. The Kier molecular flexibility index (Phi) is 7.29. The maximum absolute atomic E-state index is 12.0. The van der Waals surface area contributed by atoms with Gasteiger partial charge in [0.1, 0.15) is 0 Å². The molecule has 0 aromatic heterocycles. The van der Waals surface area contributed by atoms with Crippen molar-refractivity contribution < 1.29 is 9.53 Å². The Hall–Kier alpha value is -1.30. The van der Waals surface area contributed by atoms with Gasteiger partial charge in [-0.15, -0.1) is 0 Å². The minimum Gasteiger partial charge on any atom is -0.465 e. The van der Waals surface area contributed by atoms with Gasteiger partial charge < -0.3 is 4.74 Å². The molecule has 3 heteroatoms. The zero-order valence-corrected chi connectivity index (χ0v) is 11.4. The van der Waals surface area contributed by atoms with Crippen molar-refractivity contribution in [2.45, 2.75) is 53.4 Å². The van der Waals surface area contributed by atoms with Gasteiger partial charge >= 0.3 is 5.97 Å². The predicted molar refractivity (Wildman–Crippen MR) is 68.3 cm³/mol. The second-order valence-electron chi connectivity index (χ2n) is 3.98. The molecule has 17 heavy (non-hydrogen) atoms. The van der Waals surface area contributed by atoms with Gasteiger partial charge in [0.05, 0.1) is 12.7 Å². The van der Waals surface area contributed by atoms with Crippen LogP contribution >= 0.6 is 0 Å². The Labute approximate surface area is 104 Å². The predicted octanol–water partition coefficient (Wildman–Crippen LogP) is 3.61. The number of ether oxygens (including phenoxy) is 1. The van der Waals surface area contributed by atoms with Crippen LogP contribution in [0.5, 0.6) is 0 Å². The van der Waals surface area contributed by atoms with Crippen LogP contribution < -0.4 is 0 Å². The lowest BCUT2D eigenvalue weighted by Gasteiger charge is -2.26. The molecule has 0 N–H and O–H groups in total. The summed E-state index contributed by atoms with van der Waals surface area (Å²) in [5.74, 6) is -0.404. The van der Waals surface area contributed by atoms with Crippen molar-refractivity contribution in [3.8, 4) is 6.07 Å². The van der Waals surface area contributed by atoms with E-state index in [4.69, 9.17) is 4.74 Å². The lowest BCUT2D eigenvalue weighted by atomic mass is 9.76. The van der Waals surface area contributed by atoms with Crippen molar-refractivity contribution >= 4 is 5.97 Å². The van der Waals surface area contributed by atoms with E-state index in [1.165, 1.54) is 0 Å². The van der Waals surface area contributed by atoms with E-state index >= 15 is 0 Å². The molecule has 96 valence electrons. The van der Waals surface area contributed by atoms with Crippen LogP contribution in [0.15, 0.2) is 11.6 Å². The van der Waals surface area contributed by atoms with E-state index in [2.05, 4.69) is 6.07 Å². The van der Waals surface area contributed by atoms with Gasteiger partial charge in [0.2, 0.25) is 0 Å². The number of carbonyl (C=O) groups is 1. The molecule has 3 nitrogen and oxygen atoms in total. The fourth-order valence-corrected chi connectivity index (χ4v) is 1.96. The van der Waals surface area contributed by atoms with Crippen molar-refractivity contribution in [3.63, 3.8) is 0 Å². The zero-order valence-electron chi connectivity index (χ0n) is 11.4. The molecule has 0 spiro atoms. The van der Waals surface area contributed by atoms with E-state index in [1.807, 2.05) is 26.8 Å². The second kappa shape index (κ2) is 7.89. The van der Waals surface area contributed by atoms with E-state index < -0.39 is 11.4 Å². The number of esters is 1. The average molecular weight is 237 g/mol. The summed E-state index contributed by atoms with van der Waals surface area (Å²) in [6, 6.07) is 2.18. The largest absolute Gasteiger partial charge is 0.465 e. The summed E-state index contributed by atoms with van der Waals surface area (Å²) in [5, 5.41) is 9.41. The molecule has 0 aliphatic carbocycles. The van der Waals surface area contributed by atoms with E-state index in [1.54, 1.807) is 6.92 Å². The highest BCUT2D eigenvalue weighted by molar-refractivity contribution is 5.84.